The molecular formula is C11H12N4O3. The molecule has 0 aromatic carbocycles. The maximum atomic E-state index is 11.1. The molecule has 0 bridgehead atoms. The molecule has 18 heavy (non-hydrogen) atoms. The fourth-order valence-corrected chi connectivity index (χ4v) is 1.55. The average molecular weight is 248 g/mol. The molecule has 94 valence electrons. The molecule has 0 unspecified atom stereocenters. The average Bonchev–Trinajstić information content (AvgIpc) is 2.81. The van der Waals surface area contributed by atoms with Crippen molar-refractivity contribution in [3.63, 3.8) is 0 Å². The van der Waals surface area contributed by atoms with Gasteiger partial charge in [0.25, 0.3) is 0 Å². The third-order valence-electron chi connectivity index (χ3n) is 2.35. The summed E-state index contributed by atoms with van der Waals surface area (Å²) in [4.78, 5) is 15.2. The van der Waals surface area contributed by atoms with Gasteiger partial charge in [0.05, 0.1) is 18.8 Å². The summed E-state index contributed by atoms with van der Waals surface area (Å²) < 4.78 is 6.43. The van der Waals surface area contributed by atoms with Crippen molar-refractivity contribution in [3.05, 3.63) is 30.1 Å². The summed E-state index contributed by atoms with van der Waals surface area (Å²) in [6, 6.07) is 5.25. The van der Waals surface area contributed by atoms with Crippen molar-refractivity contribution in [2.24, 2.45) is 0 Å². The predicted octanol–water partition coefficient (Wildman–Crippen LogP) is 0.685. The first kappa shape index (κ1) is 12.2. The van der Waals surface area contributed by atoms with Crippen LogP contribution < -0.4 is 0 Å². The monoisotopic (exact) mass is 248 g/mol. The number of carboxylic acid groups (broad SMARTS) is 1. The summed E-state index contributed by atoms with van der Waals surface area (Å²) in [5.74, 6) is -1.13. The van der Waals surface area contributed by atoms with E-state index in [4.69, 9.17) is 9.84 Å². The maximum Gasteiger partial charge on any atom is 0.358 e. The number of hydrogen-bond donors (Lipinski definition) is 1. The van der Waals surface area contributed by atoms with Crippen molar-refractivity contribution in [2.75, 3.05) is 13.7 Å². The van der Waals surface area contributed by atoms with Crippen molar-refractivity contribution in [1.29, 1.82) is 0 Å². The number of carbonyl (C=O) groups is 1. The van der Waals surface area contributed by atoms with E-state index in [0.29, 0.717) is 24.5 Å². The zero-order valence-electron chi connectivity index (χ0n) is 9.78. The Hall–Kier alpha value is -2.28. The molecule has 0 radical (unpaired) electrons. The second-order valence-electron chi connectivity index (χ2n) is 3.52. The molecule has 0 aliphatic rings. The van der Waals surface area contributed by atoms with E-state index in [1.54, 1.807) is 31.5 Å². The lowest BCUT2D eigenvalue weighted by molar-refractivity contribution is 0.0691. The van der Waals surface area contributed by atoms with Gasteiger partial charge >= 0.3 is 5.97 Å². The minimum absolute atomic E-state index is 0.107. The van der Waals surface area contributed by atoms with Crippen molar-refractivity contribution in [1.82, 2.24) is 20.0 Å². The van der Waals surface area contributed by atoms with Crippen LogP contribution in [0, 0.1) is 0 Å². The molecule has 0 aliphatic carbocycles. The van der Waals surface area contributed by atoms with E-state index in [0.717, 1.165) is 0 Å². The Bertz CT molecular complexity index is 538. The minimum Gasteiger partial charge on any atom is -0.476 e. The molecule has 2 aromatic heterocycles. The maximum absolute atomic E-state index is 11.1. The van der Waals surface area contributed by atoms with E-state index >= 15 is 0 Å². The van der Waals surface area contributed by atoms with Crippen LogP contribution in [0.25, 0.3) is 11.4 Å². The van der Waals surface area contributed by atoms with Gasteiger partial charge in [-0.15, -0.1) is 5.10 Å². The minimum atomic E-state index is -1.13. The molecule has 1 N–H and O–H groups in total. The summed E-state index contributed by atoms with van der Waals surface area (Å²) in [6.45, 7) is 0.838. The fraction of sp³-hybridized carbons (Fsp3) is 0.273. The molecule has 7 nitrogen and oxygen atoms in total. The molecule has 0 spiro atoms. The van der Waals surface area contributed by atoms with Crippen LogP contribution in [0.4, 0.5) is 0 Å². The van der Waals surface area contributed by atoms with Crippen LogP contribution in [0.1, 0.15) is 10.5 Å². The van der Waals surface area contributed by atoms with Gasteiger partial charge in [-0.05, 0) is 12.1 Å². The smallest absolute Gasteiger partial charge is 0.358 e. The quantitative estimate of drug-likeness (QED) is 0.837. The van der Waals surface area contributed by atoms with Crippen LogP contribution in [-0.2, 0) is 11.3 Å². The van der Waals surface area contributed by atoms with Gasteiger partial charge in [-0.1, -0.05) is 11.3 Å². The Morgan fingerprint density at radius 2 is 2.33 bits per heavy atom. The molecule has 2 rings (SSSR count). The van der Waals surface area contributed by atoms with Crippen molar-refractivity contribution >= 4 is 5.97 Å². The van der Waals surface area contributed by atoms with Gasteiger partial charge in [0.2, 0.25) is 0 Å². The van der Waals surface area contributed by atoms with Gasteiger partial charge in [0.15, 0.2) is 5.69 Å². The molecular weight excluding hydrogens is 236 g/mol. The number of aromatic nitrogens is 4. The number of carboxylic acids is 1. The van der Waals surface area contributed by atoms with Gasteiger partial charge in [-0.2, -0.15) is 0 Å². The molecule has 0 saturated carbocycles. The van der Waals surface area contributed by atoms with Crippen LogP contribution in [0.3, 0.4) is 0 Å². The lowest BCUT2D eigenvalue weighted by Gasteiger charge is -2.05. The first-order valence-corrected chi connectivity index (χ1v) is 5.31. The van der Waals surface area contributed by atoms with Crippen molar-refractivity contribution in [2.45, 2.75) is 6.54 Å². The number of nitrogens with zero attached hydrogens (tertiary/aromatic N) is 4. The van der Waals surface area contributed by atoms with Gasteiger partial charge in [0.1, 0.15) is 5.69 Å². The Morgan fingerprint density at radius 3 is 2.94 bits per heavy atom. The van der Waals surface area contributed by atoms with Gasteiger partial charge in [-0.25, -0.2) is 9.48 Å². The first-order chi connectivity index (χ1) is 8.74. The number of pyridine rings is 1. The summed E-state index contributed by atoms with van der Waals surface area (Å²) >= 11 is 0. The van der Waals surface area contributed by atoms with Gasteiger partial charge in [-0.3, -0.25) is 4.98 Å². The first-order valence-electron chi connectivity index (χ1n) is 5.31. The summed E-state index contributed by atoms with van der Waals surface area (Å²) in [7, 11) is 1.56. The van der Waals surface area contributed by atoms with Crippen molar-refractivity contribution in [3.8, 4) is 11.4 Å². The van der Waals surface area contributed by atoms with Gasteiger partial charge in [0, 0.05) is 13.3 Å². The number of rotatable bonds is 5. The topological polar surface area (TPSA) is 90.1 Å². The van der Waals surface area contributed by atoms with Crippen LogP contribution >= 0.6 is 0 Å². The van der Waals surface area contributed by atoms with E-state index in [-0.39, 0.29) is 5.69 Å². The number of methoxy groups -OCH3 is 1. The standard InChI is InChI=1S/C11H12N4O3/c1-18-7-6-15-10(8-4-2-3-5-12-8)9(11(16)17)13-14-15/h2-5H,6-7H2,1H3,(H,16,17). The summed E-state index contributed by atoms with van der Waals surface area (Å²) in [6.07, 6.45) is 1.59. The Morgan fingerprint density at radius 1 is 1.50 bits per heavy atom. The highest BCUT2D eigenvalue weighted by Crippen LogP contribution is 2.19. The molecule has 0 fully saturated rings. The molecule has 0 saturated heterocycles. The lowest BCUT2D eigenvalue weighted by Crippen LogP contribution is -2.09. The molecule has 2 heterocycles. The van der Waals surface area contributed by atoms with Crippen LogP contribution in [0.2, 0.25) is 0 Å². The van der Waals surface area contributed by atoms with E-state index in [9.17, 15) is 4.79 Å². The molecule has 7 heteroatoms. The molecule has 0 aliphatic heterocycles. The lowest BCUT2D eigenvalue weighted by atomic mass is 10.2. The van der Waals surface area contributed by atoms with E-state index in [1.807, 2.05) is 0 Å². The third-order valence-corrected chi connectivity index (χ3v) is 2.35. The van der Waals surface area contributed by atoms with E-state index in [2.05, 4.69) is 15.3 Å². The summed E-state index contributed by atoms with van der Waals surface area (Å²) in [5.41, 5.74) is 0.806. The second-order valence-corrected chi connectivity index (χ2v) is 3.52. The third kappa shape index (κ3) is 2.35. The number of ether oxygens (including phenoxy) is 1. The van der Waals surface area contributed by atoms with Crippen LogP contribution in [0.15, 0.2) is 24.4 Å². The number of aromatic carboxylic acids is 1. The van der Waals surface area contributed by atoms with Crippen LogP contribution in [-0.4, -0.2) is 44.8 Å². The highest BCUT2D eigenvalue weighted by molar-refractivity contribution is 5.92. The number of hydrogen-bond acceptors (Lipinski definition) is 5. The van der Waals surface area contributed by atoms with Crippen LogP contribution in [0.5, 0.6) is 0 Å². The molecule has 0 amide bonds. The SMILES string of the molecule is COCCn1nnc(C(=O)O)c1-c1ccccn1. The largest absolute Gasteiger partial charge is 0.476 e. The normalized spacial score (nSPS) is 10.5. The Kier molecular flexibility index (Phi) is 3.63. The Balaban J connectivity index is 2.47. The fourth-order valence-electron chi connectivity index (χ4n) is 1.55. The molecule has 2 aromatic rings. The summed E-state index contributed by atoms with van der Waals surface area (Å²) in [5, 5.41) is 16.6. The highest BCUT2D eigenvalue weighted by atomic mass is 16.5. The van der Waals surface area contributed by atoms with E-state index < -0.39 is 5.97 Å². The predicted molar refractivity (Wildman–Crippen MR) is 62.1 cm³/mol. The van der Waals surface area contributed by atoms with Crippen molar-refractivity contribution < 1.29 is 14.6 Å². The second kappa shape index (κ2) is 5.37. The Labute approximate surface area is 103 Å². The molecule has 0 atom stereocenters. The van der Waals surface area contributed by atoms with E-state index in [1.165, 1.54) is 4.68 Å². The van der Waals surface area contributed by atoms with Gasteiger partial charge < -0.3 is 9.84 Å². The highest BCUT2D eigenvalue weighted by Gasteiger charge is 2.21. The zero-order valence-corrected chi connectivity index (χ0v) is 9.78. The zero-order chi connectivity index (χ0) is 13.0.